The van der Waals surface area contributed by atoms with E-state index in [1.807, 2.05) is 0 Å². The molecular weight excluding hydrogens is 280 g/mol. The minimum Gasteiger partial charge on any atom is -0.513 e. The monoisotopic (exact) mass is 302 g/mol. The molecular formula is C18H22O4. The number of hydrogen-bond donors (Lipinski definition) is 2. The van der Waals surface area contributed by atoms with Crippen LogP contribution in [0, 0.1) is 0 Å². The van der Waals surface area contributed by atoms with Gasteiger partial charge in [0.25, 0.3) is 0 Å². The van der Waals surface area contributed by atoms with E-state index in [4.69, 9.17) is 9.84 Å². The molecule has 0 aromatic heterocycles. The van der Waals surface area contributed by atoms with Crippen LogP contribution in [0.15, 0.2) is 60.4 Å². The number of benzene rings is 1. The van der Waals surface area contributed by atoms with E-state index in [1.165, 1.54) is 0 Å². The van der Waals surface area contributed by atoms with Crippen LogP contribution in [0.1, 0.15) is 25.3 Å². The zero-order chi connectivity index (χ0) is 16.4. The summed E-state index contributed by atoms with van der Waals surface area (Å²) in [7, 11) is 0. The predicted molar refractivity (Wildman–Crippen MR) is 86.7 cm³/mol. The molecule has 0 bridgehead atoms. The van der Waals surface area contributed by atoms with Crippen molar-refractivity contribution in [1.82, 2.24) is 0 Å². The van der Waals surface area contributed by atoms with E-state index in [1.54, 1.807) is 49.4 Å². The Morgan fingerprint density at radius 2 is 1.91 bits per heavy atom. The second-order valence-electron chi connectivity index (χ2n) is 4.89. The van der Waals surface area contributed by atoms with Gasteiger partial charge in [0, 0.05) is 12.8 Å². The molecule has 1 aromatic carbocycles. The Morgan fingerprint density at radius 3 is 2.50 bits per heavy atom. The van der Waals surface area contributed by atoms with E-state index in [2.05, 4.69) is 6.58 Å². The van der Waals surface area contributed by atoms with Gasteiger partial charge in [-0.3, -0.25) is 4.79 Å². The van der Waals surface area contributed by atoms with Gasteiger partial charge < -0.3 is 14.9 Å². The van der Waals surface area contributed by atoms with Gasteiger partial charge in [0.1, 0.15) is 5.75 Å². The Hall–Kier alpha value is -2.49. The van der Waals surface area contributed by atoms with Gasteiger partial charge in [0.15, 0.2) is 0 Å². The first-order valence-corrected chi connectivity index (χ1v) is 7.13. The smallest absolute Gasteiger partial charge is 0.306 e. The van der Waals surface area contributed by atoms with Gasteiger partial charge in [0.2, 0.25) is 0 Å². The topological polar surface area (TPSA) is 66.8 Å². The molecule has 0 saturated carbocycles. The summed E-state index contributed by atoms with van der Waals surface area (Å²) < 4.78 is 5.17. The van der Waals surface area contributed by atoms with Gasteiger partial charge in [-0.2, -0.15) is 0 Å². The quantitative estimate of drug-likeness (QED) is 0.435. The van der Waals surface area contributed by atoms with E-state index in [9.17, 15) is 9.90 Å². The average molecular weight is 302 g/mol. The van der Waals surface area contributed by atoms with Crippen LogP contribution in [0.5, 0.6) is 5.75 Å². The number of aromatic hydroxyl groups is 1. The van der Waals surface area contributed by atoms with Crippen molar-refractivity contribution in [2.24, 2.45) is 0 Å². The molecule has 0 radical (unpaired) electrons. The van der Waals surface area contributed by atoms with Crippen molar-refractivity contribution in [2.75, 3.05) is 6.61 Å². The highest BCUT2D eigenvalue weighted by molar-refractivity contribution is 5.69. The molecule has 0 saturated heterocycles. The molecule has 0 aliphatic heterocycles. The summed E-state index contributed by atoms with van der Waals surface area (Å²) in [6, 6.07) is 6.81. The third-order valence-corrected chi connectivity index (χ3v) is 3.01. The maximum atomic E-state index is 11.7. The molecule has 4 heteroatoms. The van der Waals surface area contributed by atoms with Crippen molar-refractivity contribution < 1.29 is 19.7 Å². The summed E-state index contributed by atoms with van der Waals surface area (Å²) in [6.45, 7) is 5.56. The summed E-state index contributed by atoms with van der Waals surface area (Å²) in [5.41, 5.74) is 1.87. The number of carbonyl (C=O) groups excluding carboxylic acids is 1. The summed E-state index contributed by atoms with van der Waals surface area (Å²) >= 11 is 0. The lowest BCUT2D eigenvalue weighted by Gasteiger charge is -2.05. The van der Waals surface area contributed by atoms with Gasteiger partial charge in [0.05, 0.1) is 12.4 Å². The number of aliphatic hydroxyl groups is 1. The van der Waals surface area contributed by atoms with Crippen LogP contribution in [-0.2, 0) is 16.0 Å². The SMILES string of the molecule is C=C/C(=C\C=C(/C)O)CCC(=O)OCCc1ccc(O)cc1. The zero-order valence-electron chi connectivity index (χ0n) is 12.8. The van der Waals surface area contributed by atoms with Crippen molar-refractivity contribution in [2.45, 2.75) is 26.2 Å². The molecule has 0 atom stereocenters. The first-order valence-electron chi connectivity index (χ1n) is 7.13. The van der Waals surface area contributed by atoms with Gasteiger partial charge >= 0.3 is 5.97 Å². The minimum absolute atomic E-state index is 0.204. The minimum atomic E-state index is -0.267. The number of rotatable bonds is 8. The first-order chi connectivity index (χ1) is 10.5. The van der Waals surface area contributed by atoms with Crippen LogP contribution in [-0.4, -0.2) is 22.8 Å². The van der Waals surface area contributed by atoms with Crippen molar-refractivity contribution in [1.29, 1.82) is 0 Å². The predicted octanol–water partition coefficient (Wildman–Crippen LogP) is 3.83. The molecule has 1 rings (SSSR count). The lowest BCUT2D eigenvalue weighted by atomic mass is 10.1. The molecule has 22 heavy (non-hydrogen) atoms. The largest absolute Gasteiger partial charge is 0.513 e. The zero-order valence-corrected chi connectivity index (χ0v) is 12.8. The van der Waals surface area contributed by atoms with E-state index < -0.39 is 0 Å². The molecule has 0 amide bonds. The fraction of sp³-hybridized carbons (Fsp3) is 0.278. The summed E-state index contributed by atoms with van der Waals surface area (Å²) in [4.78, 5) is 11.7. The molecule has 0 fully saturated rings. The molecule has 0 unspecified atom stereocenters. The molecule has 0 aliphatic rings. The van der Waals surface area contributed by atoms with Crippen molar-refractivity contribution in [3.63, 3.8) is 0 Å². The highest BCUT2D eigenvalue weighted by Crippen LogP contribution is 2.11. The average Bonchev–Trinajstić information content (AvgIpc) is 2.49. The number of ether oxygens (including phenoxy) is 1. The van der Waals surface area contributed by atoms with E-state index in [0.717, 1.165) is 11.1 Å². The van der Waals surface area contributed by atoms with E-state index >= 15 is 0 Å². The third kappa shape index (κ3) is 7.33. The number of aliphatic hydroxyl groups excluding tert-OH is 1. The van der Waals surface area contributed by atoms with Crippen molar-refractivity contribution >= 4 is 5.97 Å². The number of allylic oxidation sites excluding steroid dienone is 5. The molecule has 2 N–H and O–H groups in total. The summed E-state index contributed by atoms with van der Waals surface area (Å²) in [6.07, 6.45) is 6.35. The maximum absolute atomic E-state index is 11.7. The highest BCUT2D eigenvalue weighted by Gasteiger charge is 2.04. The number of phenols is 1. The molecule has 0 heterocycles. The van der Waals surface area contributed by atoms with E-state index in [0.29, 0.717) is 19.4 Å². The summed E-state index contributed by atoms with van der Waals surface area (Å²) in [5.74, 6) is 0.156. The Balaban J connectivity index is 2.31. The second-order valence-corrected chi connectivity index (χ2v) is 4.89. The lowest BCUT2D eigenvalue weighted by Crippen LogP contribution is -2.07. The molecule has 118 valence electrons. The van der Waals surface area contributed by atoms with Crippen molar-refractivity contribution in [3.05, 3.63) is 66.0 Å². The van der Waals surface area contributed by atoms with Gasteiger partial charge in [-0.25, -0.2) is 0 Å². The standard InChI is InChI=1S/C18H22O4/c1-3-15(5-4-14(2)19)8-11-18(21)22-13-12-16-6-9-17(20)10-7-16/h3-7,9-10,19-20H,1,8,11-13H2,2H3/b14-4+,15-5+. The molecule has 4 nitrogen and oxygen atoms in total. The van der Waals surface area contributed by atoms with Crippen LogP contribution >= 0.6 is 0 Å². The van der Waals surface area contributed by atoms with Gasteiger partial charge in [-0.05, 0) is 42.7 Å². The first kappa shape index (κ1) is 17.6. The fourth-order valence-electron chi connectivity index (χ4n) is 1.74. The highest BCUT2D eigenvalue weighted by atomic mass is 16.5. The van der Waals surface area contributed by atoms with Crippen LogP contribution in [0.25, 0.3) is 0 Å². The van der Waals surface area contributed by atoms with E-state index in [-0.39, 0.29) is 23.9 Å². The normalized spacial score (nSPS) is 12.0. The molecule has 0 spiro atoms. The van der Waals surface area contributed by atoms with Crippen LogP contribution in [0.4, 0.5) is 0 Å². The van der Waals surface area contributed by atoms with Gasteiger partial charge in [-0.1, -0.05) is 30.9 Å². The van der Waals surface area contributed by atoms with Gasteiger partial charge in [-0.15, -0.1) is 0 Å². The fourth-order valence-corrected chi connectivity index (χ4v) is 1.74. The summed E-state index contributed by atoms with van der Waals surface area (Å²) in [5, 5.41) is 18.3. The van der Waals surface area contributed by atoms with Crippen LogP contribution < -0.4 is 0 Å². The maximum Gasteiger partial charge on any atom is 0.306 e. The number of hydrogen-bond acceptors (Lipinski definition) is 4. The van der Waals surface area contributed by atoms with Crippen LogP contribution in [0.2, 0.25) is 0 Å². The van der Waals surface area contributed by atoms with Crippen LogP contribution in [0.3, 0.4) is 0 Å². The Kier molecular flexibility index (Phi) is 7.54. The second kappa shape index (κ2) is 9.45. The number of carbonyl (C=O) groups is 1. The molecule has 0 aliphatic carbocycles. The lowest BCUT2D eigenvalue weighted by molar-refractivity contribution is -0.143. The Bertz CT molecular complexity index is 549. The molecule has 1 aromatic rings. The Morgan fingerprint density at radius 1 is 1.23 bits per heavy atom. The van der Waals surface area contributed by atoms with Crippen molar-refractivity contribution in [3.8, 4) is 5.75 Å². The Labute approximate surface area is 131 Å². The number of esters is 1. The number of phenolic OH excluding ortho intramolecular Hbond substituents is 1. The third-order valence-electron chi connectivity index (χ3n) is 3.01.